The predicted molar refractivity (Wildman–Crippen MR) is 77.0 cm³/mol. The Bertz CT molecular complexity index is 482. The molecule has 1 fully saturated rings. The smallest absolute Gasteiger partial charge is 0.251 e. The number of methoxy groups -OCH3 is 1. The lowest BCUT2D eigenvalue weighted by atomic mass is 9.81. The lowest BCUT2D eigenvalue weighted by molar-refractivity contribution is 0.0874. The molecule has 0 spiro atoms. The van der Waals surface area contributed by atoms with E-state index in [-0.39, 0.29) is 17.2 Å². The maximum absolute atomic E-state index is 12.3. The molecule has 1 saturated carbocycles. The molecule has 1 amide bonds. The Kier molecular flexibility index (Phi) is 4.49. The van der Waals surface area contributed by atoms with Crippen LogP contribution in [0.2, 0.25) is 0 Å². The van der Waals surface area contributed by atoms with Crippen LogP contribution in [0.1, 0.15) is 42.5 Å². The summed E-state index contributed by atoms with van der Waals surface area (Å²) in [4.78, 5) is 12.3. The molecule has 5 nitrogen and oxygen atoms in total. The lowest BCUT2D eigenvalue weighted by Crippen LogP contribution is -2.54. The van der Waals surface area contributed by atoms with E-state index in [4.69, 9.17) is 10.5 Å². The molecule has 20 heavy (non-hydrogen) atoms. The number of phenols is 1. The van der Waals surface area contributed by atoms with E-state index in [1.165, 1.54) is 19.6 Å². The molecule has 0 atom stereocenters. The topological polar surface area (TPSA) is 84.6 Å². The van der Waals surface area contributed by atoms with Gasteiger partial charge in [-0.05, 0) is 31.0 Å². The number of hydrogen-bond acceptors (Lipinski definition) is 4. The number of hydrogen-bond donors (Lipinski definition) is 3. The highest BCUT2D eigenvalue weighted by atomic mass is 16.5. The highest BCUT2D eigenvalue weighted by Gasteiger charge is 2.32. The molecule has 110 valence electrons. The van der Waals surface area contributed by atoms with Crippen molar-refractivity contribution in [3.63, 3.8) is 0 Å². The maximum Gasteiger partial charge on any atom is 0.251 e. The summed E-state index contributed by atoms with van der Waals surface area (Å²) in [7, 11) is 1.47. The van der Waals surface area contributed by atoms with Gasteiger partial charge in [0.25, 0.3) is 5.91 Å². The largest absolute Gasteiger partial charge is 0.504 e. The van der Waals surface area contributed by atoms with E-state index in [2.05, 4.69) is 5.32 Å². The molecular formula is C15H22N2O3. The first-order chi connectivity index (χ1) is 9.60. The number of amides is 1. The summed E-state index contributed by atoms with van der Waals surface area (Å²) in [6, 6.07) is 4.64. The summed E-state index contributed by atoms with van der Waals surface area (Å²) in [6.07, 6.45) is 5.20. The zero-order chi connectivity index (χ0) is 14.6. The SMILES string of the molecule is COc1ccc(C(=O)NC2(CN)CCCCC2)cc1O. The summed E-state index contributed by atoms with van der Waals surface area (Å²) < 4.78 is 4.97. The van der Waals surface area contributed by atoms with Gasteiger partial charge in [-0.15, -0.1) is 0 Å². The van der Waals surface area contributed by atoms with Crippen molar-refractivity contribution in [2.45, 2.75) is 37.6 Å². The van der Waals surface area contributed by atoms with Crippen LogP contribution in [-0.2, 0) is 0 Å². The van der Waals surface area contributed by atoms with Crippen molar-refractivity contribution < 1.29 is 14.6 Å². The molecule has 0 aromatic heterocycles. The number of carbonyl (C=O) groups is 1. The molecule has 0 bridgehead atoms. The number of nitrogens with one attached hydrogen (secondary N) is 1. The molecule has 1 aromatic carbocycles. The van der Waals surface area contributed by atoms with Crippen molar-refractivity contribution in [2.75, 3.05) is 13.7 Å². The minimum absolute atomic E-state index is 0.0365. The quantitative estimate of drug-likeness (QED) is 0.784. The van der Waals surface area contributed by atoms with E-state index in [1.807, 2.05) is 0 Å². The maximum atomic E-state index is 12.3. The standard InChI is InChI=1S/C15H22N2O3/c1-20-13-6-5-11(9-12(13)18)14(19)17-15(10-16)7-3-2-4-8-15/h5-6,9,18H,2-4,7-8,10,16H2,1H3,(H,17,19). The van der Waals surface area contributed by atoms with Gasteiger partial charge in [-0.2, -0.15) is 0 Å². The molecule has 4 N–H and O–H groups in total. The Hall–Kier alpha value is -1.75. The highest BCUT2D eigenvalue weighted by molar-refractivity contribution is 5.95. The van der Waals surface area contributed by atoms with Crippen molar-refractivity contribution in [1.82, 2.24) is 5.32 Å². The second-order valence-electron chi connectivity index (χ2n) is 5.39. The van der Waals surface area contributed by atoms with Gasteiger partial charge in [0, 0.05) is 12.1 Å². The van der Waals surface area contributed by atoms with Crippen LogP contribution in [0.25, 0.3) is 0 Å². The molecule has 1 aromatic rings. The molecule has 1 aliphatic rings. The molecule has 2 rings (SSSR count). The fraction of sp³-hybridized carbons (Fsp3) is 0.533. The molecular weight excluding hydrogens is 256 g/mol. The first-order valence-corrected chi connectivity index (χ1v) is 7.00. The van der Waals surface area contributed by atoms with Gasteiger partial charge >= 0.3 is 0 Å². The van der Waals surface area contributed by atoms with E-state index < -0.39 is 0 Å². The van der Waals surface area contributed by atoms with Gasteiger partial charge in [0.1, 0.15) is 0 Å². The number of phenolic OH excluding ortho intramolecular Hbond substituents is 1. The number of nitrogens with two attached hydrogens (primary N) is 1. The zero-order valence-electron chi connectivity index (χ0n) is 11.8. The molecule has 1 aliphatic carbocycles. The molecule has 0 aliphatic heterocycles. The first-order valence-electron chi connectivity index (χ1n) is 7.00. The monoisotopic (exact) mass is 278 g/mol. The third kappa shape index (κ3) is 3.04. The summed E-state index contributed by atoms with van der Waals surface area (Å²) in [5.74, 6) is 0.119. The van der Waals surface area contributed by atoms with E-state index in [0.29, 0.717) is 17.9 Å². The van der Waals surface area contributed by atoms with Crippen LogP contribution in [0.4, 0.5) is 0 Å². The number of aromatic hydroxyl groups is 1. The number of carbonyl (C=O) groups excluding carboxylic acids is 1. The third-order valence-electron chi connectivity index (χ3n) is 4.02. The van der Waals surface area contributed by atoms with Crippen LogP contribution in [0.5, 0.6) is 11.5 Å². The van der Waals surface area contributed by atoms with Gasteiger partial charge in [0.2, 0.25) is 0 Å². The number of rotatable bonds is 4. The normalized spacial score (nSPS) is 17.5. The number of benzene rings is 1. The second kappa shape index (κ2) is 6.13. The minimum Gasteiger partial charge on any atom is -0.504 e. The average molecular weight is 278 g/mol. The zero-order valence-corrected chi connectivity index (χ0v) is 11.8. The van der Waals surface area contributed by atoms with Gasteiger partial charge in [-0.1, -0.05) is 19.3 Å². The Morgan fingerprint density at radius 3 is 2.65 bits per heavy atom. The van der Waals surface area contributed by atoms with Gasteiger partial charge < -0.3 is 20.9 Å². The van der Waals surface area contributed by atoms with Crippen LogP contribution >= 0.6 is 0 Å². The summed E-state index contributed by atoms with van der Waals surface area (Å²) in [5, 5.41) is 12.8. The van der Waals surface area contributed by atoms with Crippen molar-refractivity contribution in [1.29, 1.82) is 0 Å². The van der Waals surface area contributed by atoms with Crippen LogP contribution < -0.4 is 15.8 Å². The molecule has 0 radical (unpaired) electrons. The minimum atomic E-state index is -0.301. The van der Waals surface area contributed by atoms with E-state index >= 15 is 0 Å². The highest BCUT2D eigenvalue weighted by Crippen LogP contribution is 2.29. The van der Waals surface area contributed by atoms with Crippen LogP contribution in [0.3, 0.4) is 0 Å². The van der Waals surface area contributed by atoms with Crippen molar-refractivity contribution in [3.05, 3.63) is 23.8 Å². The molecule has 0 unspecified atom stereocenters. The average Bonchev–Trinajstić information content (AvgIpc) is 2.48. The Balaban J connectivity index is 2.12. The predicted octanol–water partition coefficient (Wildman–Crippen LogP) is 1.79. The van der Waals surface area contributed by atoms with E-state index in [9.17, 15) is 9.90 Å². The summed E-state index contributed by atoms with van der Waals surface area (Å²) >= 11 is 0. The van der Waals surface area contributed by atoms with Gasteiger partial charge in [-0.3, -0.25) is 4.79 Å². The van der Waals surface area contributed by atoms with Crippen LogP contribution in [0.15, 0.2) is 18.2 Å². The third-order valence-corrected chi connectivity index (χ3v) is 4.02. The molecule has 0 saturated heterocycles. The van der Waals surface area contributed by atoms with Crippen molar-refractivity contribution in [2.24, 2.45) is 5.73 Å². The van der Waals surface area contributed by atoms with Crippen molar-refractivity contribution >= 4 is 5.91 Å². The van der Waals surface area contributed by atoms with Crippen LogP contribution in [-0.4, -0.2) is 30.2 Å². The first kappa shape index (κ1) is 14.7. The van der Waals surface area contributed by atoms with E-state index in [0.717, 1.165) is 25.7 Å². The Labute approximate surface area is 119 Å². The van der Waals surface area contributed by atoms with Gasteiger partial charge in [0.15, 0.2) is 11.5 Å². The second-order valence-corrected chi connectivity index (χ2v) is 5.39. The number of ether oxygens (including phenoxy) is 1. The van der Waals surface area contributed by atoms with Crippen LogP contribution in [0, 0.1) is 0 Å². The Morgan fingerprint density at radius 1 is 1.40 bits per heavy atom. The van der Waals surface area contributed by atoms with Crippen molar-refractivity contribution in [3.8, 4) is 11.5 Å². The van der Waals surface area contributed by atoms with Gasteiger partial charge in [-0.25, -0.2) is 0 Å². The fourth-order valence-electron chi connectivity index (χ4n) is 2.75. The fourth-order valence-corrected chi connectivity index (χ4v) is 2.75. The summed E-state index contributed by atoms with van der Waals surface area (Å²) in [6.45, 7) is 0.445. The van der Waals surface area contributed by atoms with Gasteiger partial charge in [0.05, 0.1) is 12.6 Å². The molecule has 0 heterocycles. The van der Waals surface area contributed by atoms with E-state index in [1.54, 1.807) is 12.1 Å². The molecule has 5 heteroatoms. The Morgan fingerprint density at radius 2 is 2.10 bits per heavy atom. The summed E-state index contributed by atoms with van der Waals surface area (Å²) in [5.41, 5.74) is 5.97. The lowest BCUT2D eigenvalue weighted by Gasteiger charge is -2.37.